The van der Waals surface area contributed by atoms with Gasteiger partial charge in [0.15, 0.2) is 6.10 Å². The molecule has 2 heterocycles. The zero-order chi connectivity index (χ0) is 17.3. The summed E-state index contributed by atoms with van der Waals surface area (Å²) in [7, 11) is 0. The first-order chi connectivity index (χ1) is 11.5. The molecule has 0 spiro atoms. The Morgan fingerprint density at radius 2 is 2.04 bits per heavy atom. The predicted molar refractivity (Wildman–Crippen MR) is 87.7 cm³/mol. The third-order valence-electron chi connectivity index (χ3n) is 4.12. The van der Waals surface area contributed by atoms with E-state index in [1.54, 1.807) is 19.1 Å². The summed E-state index contributed by atoms with van der Waals surface area (Å²) in [5.41, 5.74) is 3.13. The van der Waals surface area contributed by atoms with Crippen molar-refractivity contribution in [2.45, 2.75) is 32.9 Å². The fraction of sp³-hybridized carbons (Fsp3) is 0.278. The Labute approximate surface area is 138 Å². The molecule has 0 fully saturated rings. The number of aromatic amines is 1. The molecule has 2 N–H and O–H groups in total. The molecular weight excluding hydrogens is 308 g/mol. The standard InChI is InChI=1S/C18H18N2O4/c1-10-7-11(2)20-16(21)14(10)9-19-17(22)15-8-12-5-3-4-6-13(12)18(23)24-15/h3-7,15H,8-9H2,1-2H3,(H,19,22)(H,20,21). The summed E-state index contributed by atoms with van der Waals surface area (Å²) in [4.78, 5) is 39.0. The lowest BCUT2D eigenvalue weighted by atomic mass is 9.98. The molecule has 6 heteroatoms. The SMILES string of the molecule is Cc1cc(C)c(CNC(=O)C2Cc3ccccc3C(=O)O2)c(=O)[nH]1. The van der Waals surface area contributed by atoms with Crippen LogP contribution < -0.4 is 10.9 Å². The number of carbonyl (C=O) groups excluding carboxylic acids is 2. The molecule has 0 radical (unpaired) electrons. The van der Waals surface area contributed by atoms with Crippen molar-refractivity contribution in [3.8, 4) is 0 Å². The number of cyclic esters (lactones) is 1. The highest BCUT2D eigenvalue weighted by atomic mass is 16.5. The Balaban J connectivity index is 1.71. The Hall–Kier alpha value is -2.89. The minimum atomic E-state index is -0.878. The molecule has 124 valence electrons. The van der Waals surface area contributed by atoms with Gasteiger partial charge in [-0.2, -0.15) is 0 Å². The van der Waals surface area contributed by atoms with Crippen molar-refractivity contribution in [1.82, 2.24) is 10.3 Å². The molecule has 1 aromatic heterocycles. The fourth-order valence-corrected chi connectivity index (χ4v) is 2.87. The summed E-state index contributed by atoms with van der Waals surface area (Å²) < 4.78 is 5.21. The molecular formula is C18H18N2O4. The van der Waals surface area contributed by atoms with Crippen LogP contribution in [0.4, 0.5) is 0 Å². The zero-order valence-corrected chi connectivity index (χ0v) is 13.5. The summed E-state index contributed by atoms with van der Waals surface area (Å²) in [6.07, 6.45) is -0.547. The van der Waals surface area contributed by atoms with E-state index in [2.05, 4.69) is 10.3 Å². The van der Waals surface area contributed by atoms with Crippen molar-refractivity contribution >= 4 is 11.9 Å². The van der Waals surface area contributed by atoms with Gasteiger partial charge in [0.1, 0.15) is 0 Å². The molecule has 0 saturated heterocycles. The maximum absolute atomic E-state index is 12.3. The van der Waals surface area contributed by atoms with Crippen molar-refractivity contribution in [2.24, 2.45) is 0 Å². The minimum absolute atomic E-state index is 0.0932. The third kappa shape index (κ3) is 3.08. The lowest BCUT2D eigenvalue weighted by Crippen LogP contribution is -2.42. The molecule has 0 bridgehead atoms. The lowest BCUT2D eigenvalue weighted by Gasteiger charge is -2.23. The topological polar surface area (TPSA) is 88.3 Å². The van der Waals surface area contributed by atoms with Crippen LogP contribution in [0.25, 0.3) is 0 Å². The number of esters is 1. The van der Waals surface area contributed by atoms with E-state index in [0.29, 0.717) is 17.5 Å². The highest BCUT2D eigenvalue weighted by Crippen LogP contribution is 2.20. The van der Waals surface area contributed by atoms with E-state index < -0.39 is 18.0 Å². The van der Waals surface area contributed by atoms with Crippen LogP contribution in [-0.4, -0.2) is 23.0 Å². The summed E-state index contributed by atoms with van der Waals surface area (Å²) in [5.74, 6) is -0.904. The van der Waals surface area contributed by atoms with Gasteiger partial charge in [-0.15, -0.1) is 0 Å². The number of amides is 1. The van der Waals surface area contributed by atoms with E-state index in [1.807, 2.05) is 25.1 Å². The number of nitrogens with one attached hydrogen (secondary N) is 2. The molecule has 1 atom stereocenters. The average Bonchev–Trinajstić information content (AvgIpc) is 2.53. The van der Waals surface area contributed by atoms with Gasteiger partial charge >= 0.3 is 5.97 Å². The van der Waals surface area contributed by atoms with Gasteiger partial charge in [0.2, 0.25) is 0 Å². The summed E-state index contributed by atoms with van der Waals surface area (Å²) in [6.45, 7) is 3.71. The van der Waals surface area contributed by atoms with Crippen molar-refractivity contribution < 1.29 is 14.3 Å². The molecule has 0 saturated carbocycles. The van der Waals surface area contributed by atoms with E-state index in [9.17, 15) is 14.4 Å². The Morgan fingerprint density at radius 1 is 1.29 bits per heavy atom. The maximum Gasteiger partial charge on any atom is 0.339 e. The van der Waals surface area contributed by atoms with Gasteiger partial charge < -0.3 is 15.0 Å². The van der Waals surface area contributed by atoms with Crippen molar-refractivity contribution in [3.63, 3.8) is 0 Å². The maximum atomic E-state index is 12.3. The molecule has 2 aromatic rings. The van der Waals surface area contributed by atoms with Crippen LogP contribution in [0.3, 0.4) is 0 Å². The highest BCUT2D eigenvalue weighted by molar-refractivity contribution is 5.95. The Kier molecular flexibility index (Phi) is 4.20. The van der Waals surface area contributed by atoms with Crippen LogP contribution in [0.2, 0.25) is 0 Å². The Bertz CT molecular complexity index is 870. The van der Waals surface area contributed by atoms with Gasteiger partial charge in [-0.25, -0.2) is 4.79 Å². The van der Waals surface area contributed by atoms with Crippen molar-refractivity contribution in [1.29, 1.82) is 0 Å². The number of aryl methyl sites for hydroxylation is 2. The smallest absolute Gasteiger partial charge is 0.339 e. The number of ether oxygens (including phenoxy) is 1. The van der Waals surface area contributed by atoms with Gasteiger partial charge in [-0.3, -0.25) is 9.59 Å². The normalized spacial score (nSPS) is 16.2. The van der Waals surface area contributed by atoms with Crippen LogP contribution in [0.15, 0.2) is 35.1 Å². The Morgan fingerprint density at radius 3 is 2.79 bits per heavy atom. The number of hydrogen-bond donors (Lipinski definition) is 2. The van der Waals surface area contributed by atoms with Gasteiger partial charge in [0, 0.05) is 24.2 Å². The number of fused-ring (bicyclic) bond motifs is 1. The van der Waals surface area contributed by atoms with E-state index in [4.69, 9.17) is 4.74 Å². The average molecular weight is 326 g/mol. The monoisotopic (exact) mass is 326 g/mol. The second-order valence-corrected chi connectivity index (χ2v) is 5.92. The predicted octanol–water partition coefficient (Wildman–Crippen LogP) is 1.39. The number of hydrogen-bond acceptors (Lipinski definition) is 4. The number of rotatable bonds is 3. The van der Waals surface area contributed by atoms with Gasteiger partial charge in [-0.1, -0.05) is 18.2 Å². The molecule has 1 aromatic carbocycles. The van der Waals surface area contributed by atoms with Gasteiger partial charge in [0.05, 0.1) is 5.56 Å². The van der Waals surface area contributed by atoms with E-state index in [-0.39, 0.29) is 12.1 Å². The lowest BCUT2D eigenvalue weighted by molar-refractivity contribution is -0.130. The number of H-pyrrole nitrogens is 1. The molecule has 1 unspecified atom stereocenters. The molecule has 24 heavy (non-hydrogen) atoms. The highest BCUT2D eigenvalue weighted by Gasteiger charge is 2.30. The van der Waals surface area contributed by atoms with Gasteiger partial charge in [0.25, 0.3) is 11.5 Å². The number of pyridine rings is 1. The minimum Gasteiger partial charge on any atom is -0.448 e. The number of aromatic nitrogens is 1. The molecule has 0 aliphatic carbocycles. The van der Waals surface area contributed by atoms with E-state index >= 15 is 0 Å². The molecule has 1 aliphatic heterocycles. The van der Waals surface area contributed by atoms with E-state index in [0.717, 1.165) is 16.8 Å². The van der Waals surface area contributed by atoms with Crippen LogP contribution in [-0.2, 0) is 22.5 Å². The van der Waals surface area contributed by atoms with Gasteiger partial charge in [-0.05, 0) is 37.1 Å². The molecule has 6 nitrogen and oxygen atoms in total. The summed E-state index contributed by atoms with van der Waals surface area (Å²) in [6, 6.07) is 8.92. The molecule has 1 aliphatic rings. The van der Waals surface area contributed by atoms with Crippen LogP contribution in [0, 0.1) is 13.8 Å². The summed E-state index contributed by atoms with van der Waals surface area (Å²) >= 11 is 0. The third-order valence-corrected chi connectivity index (χ3v) is 4.12. The van der Waals surface area contributed by atoms with Crippen LogP contribution >= 0.6 is 0 Å². The second-order valence-electron chi connectivity index (χ2n) is 5.92. The first-order valence-electron chi connectivity index (χ1n) is 7.71. The second kappa shape index (κ2) is 6.31. The number of benzene rings is 1. The summed E-state index contributed by atoms with van der Waals surface area (Å²) in [5, 5.41) is 2.68. The zero-order valence-electron chi connectivity index (χ0n) is 13.5. The largest absolute Gasteiger partial charge is 0.448 e. The van der Waals surface area contributed by atoms with Crippen molar-refractivity contribution in [2.75, 3.05) is 0 Å². The molecule has 3 rings (SSSR count). The van der Waals surface area contributed by atoms with E-state index in [1.165, 1.54) is 0 Å². The van der Waals surface area contributed by atoms with Crippen molar-refractivity contribution in [3.05, 3.63) is 68.6 Å². The first kappa shape index (κ1) is 16.0. The first-order valence-corrected chi connectivity index (χ1v) is 7.71. The van der Waals surface area contributed by atoms with Crippen LogP contribution in [0.5, 0.6) is 0 Å². The number of carbonyl (C=O) groups is 2. The fourth-order valence-electron chi connectivity index (χ4n) is 2.87. The van der Waals surface area contributed by atoms with Crippen LogP contribution in [0.1, 0.15) is 32.7 Å². The molecule has 1 amide bonds. The quantitative estimate of drug-likeness (QED) is 0.834.